The van der Waals surface area contributed by atoms with Crippen molar-refractivity contribution < 1.29 is 0 Å². The summed E-state index contributed by atoms with van der Waals surface area (Å²) in [6, 6.07) is 61.5. The van der Waals surface area contributed by atoms with Gasteiger partial charge in [-0.05, 0) is 83.2 Å². The topological polar surface area (TPSA) is 23.5 Å². The summed E-state index contributed by atoms with van der Waals surface area (Å²) in [7, 11) is 0. The smallest absolute Gasteiger partial charge is 0.210 e. The number of aromatic nitrogens is 3. The first-order valence-electron chi connectivity index (χ1n) is 18.3. The maximum Gasteiger partial charge on any atom is 0.210 e. The molecular formula is C50H29N5. The van der Waals surface area contributed by atoms with E-state index in [1.807, 2.05) is 42.5 Å². The fraction of sp³-hybridized carbons (Fsp3) is 0. The van der Waals surface area contributed by atoms with Gasteiger partial charge in [-0.2, -0.15) is 0 Å². The van der Waals surface area contributed by atoms with Gasteiger partial charge in [0.2, 0.25) is 5.69 Å². The number of fused-ring (bicyclic) bond motifs is 9. The summed E-state index contributed by atoms with van der Waals surface area (Å²) < 4.78 is 6.95. The second-order valence-electron chi connectivity index (χ2n) is 13.9. The molecule has 0 aliphatic heterocycles. The molecule has 0 fully saturated rings. The molecule has 0 saturated heterocycles. The number of benzene rings is 8. The molecule has 0 amide bonds. The summed E-state index contributed by atoms with van der Waals surface area (Å²) in [5.74, 6) is 0. The van der Waals surface area contributed by atoms with Crippen LogP contribution in [0.5, 0.6) is 0 Å². The molecular weight excluding hydrogens is 671 g/mol. The predicted octanol–water partition coefficient (Wildman–Crippen LogP) is 13.7. The van der Waals surface area contributed by atoms with E-state index in [-0.39, 0.29) is 0 Å². The fourth-order valence-electron chi connectivity index (χ4n) is 8.72. The van der Waals surface area contributed by atoms with Crippen molar-refractivity contribution in [1.29, 1.82) is 0 Å². The molecule has 254 valence electrons. The van der Waals surface area contributed by atoms with Crippen molar-refractivity contribution in [2.75, 3.05) is 0 Å². The Hall–Kier alpha value is -7.86. The van der Waals surface area contributed by atoms with Crippen LogP contribution in [0.15, 0.2) is 176 Å². The molecule has 0 atom stereocenters. The van der Waals surface area contributed by atoms with Crippen LogP contribution in [0, 0.1) is 13.1 Å². The number of hydrogen-bond acceptors (Lipinski definition) is 0. The van der Waals surface area contributed by atoms with Crippen LogP contribution in [0.25, 0.3) is 103 Å². The maximum atomic E-state index is 8.09. The fourth-order valence-corrected chi connectivity index (χ4v) is 8.72. The molecule has 5 nitrogen and oxygen atoms in total. The van der Waals surface area contributed by atoms with Gasteiger partial charge in [-0.25, -0.2) is 9.69 Å². The summed E-state index contributed by atoms with van der Waals surface area (Å²) in [5.41, 5.74) is 12.9. The van der Waals surface area contributed by atoms with Crippen molar-refractivity contribution in [2.45, 2.75) is 0 Å². The molecule has 0 radical (unpaired) electrons. The van der Waals surface area contributed by atoms with E-state index >= 15 is 0 Å². The Bertz CT molecular complexity index is 3400. The molecule has 0 saturated carbocycles. The van der Waals surface area contributed by atoms with Crippen molar-refractivity contribution in [2.24, 2.45) is 0 Å². The zero-order chi connectivity index (χ0) is 36.6. The van der Waals surface area contributed by atoms with E-state index in [4.69, 9.17) is 13.1 Å². The zero-order valence-corrected chi connectivity index (χ0v) is 29.5. The lowest BCUT2D eigenvalue weighted by Crippen LogP contribution is -1.97. The summed E-state index contributed by atoms with van der Waals surface area (Å²) >= 11 is 0. The molecule has 3 aromatic heterocycles. The minimum Gasteiger partial charge on any atom is -0.319 e. The Morgan fingerprint density at radius 3 is 1.51 bits per heavy atom. The Kier molecular flexibility index (Phi) is 6.61. The molecule has 5 heteroatoms. The number of para-hydroxylation sites is 4. The molecule has 0 spiro atoms. The van der Waals surface area contributed by atoms with Gasteiger partial charge in [0.25, 0.3) is 0 Å². The average molecular weight is 700 g/mol. The van der Waals surface area contributed by atoms with Crippen LogP contribution in [-0.2, 0) is 0 Å². The minimum absolute atomic E-state index is 0.571. The molecule has 8 aromatic carbocycles. The van der Waals surface area contributed by atoms with E-state index in [2.05, 4.69) is 157 Å². The lowest BCUT2D eigenvalue weighted by molar-refractivity contribution is 1.17. The Morgan fingerprint density at radius 1 is 0.345 bits per heavy atom. The van der Waals surface area contributed by atoms with E-state index in [0.29, 0.717) is 11.4 Å². The average Bonchev–Trinajstić information content (AvgIpc) is 3.89. The van der Waals surface area contributed by atoms with Crippen molar-refractivity contribution in [3.05, 3.63) is 199 Å². The molecule has 55 heavy (non-hydrogen) atoms. The van der Waals surface area contributed by atoms with Crippen LogP contribution in [0.1, 0.15) is 0 Å². The lowest BCUT2D eigenvalue weighted by atomic mass is 10.0. The van der Waals surface area contributed by atoms with Crippen molar-refractivity contribution in [3.63, 3.8) is 0 Å². The van der Waals surface area contributed by atoms with E-state index in [0.717, 1.165) is 61.0 Å². The Morgan fingerprint density at radius 2 is 0.873 bits per heavy atom. The lowest BCUT2D eigenvalue weighted by Gasteiger charge is -2.14. The summed E-state index contributed by atoms with van der Waals surface area (Å²) in [6.45, 7) is 15.7. The normalized spacial score (nSPS) is 11.6. The predicted molar refractivity (Wildman–Crippen MR) is 227 cm³/mol. The highest BCUT2D eigenvalue weighted by Gasteiger charge is 2.20. The van der Waals surface area contributed by atoms with Crippen molar-refractivity contribution >= 4 is 76.8 Å². The van der Waals surface area contributed by atoms with Gasteiger partial charge in [0.05, 0.1) is 57.6 Å². The highest BCUT2D eigenvalue weighted by Crippen LogP contribution is 2.41. The third-order valence-electron chi connectivity index (χ3n) is 11.1. The molecule has 0 bridgehead atoms. The third-order valence-corrected chi connectivity index (χ3v) is 11.1. The summed E-state index contributed by atoms with van der Waals surface area (Å²) in [6.07, 6.45) is 0. The van der Waals surface area contributed by atoms with E-state index in [1.165, 1.54) is 32.6 Å². The largest absolute Gasteiger partial charge is 0.319 e. The van der Waals surface area contributed by atoms with Gasteiger partial charge >= 0.3 is 0 Å². The van der Waals surface area contributed by atoms with Gasteiger partial charge in [0.1, 0.15) is 0 Å². The van der Waals surface area contributed by atoms with Crippen LogP contribution in [0.3, 0.4) is 0 Å². The molecule has 3 heterocycles. The van der Waals surface area contributed by atoms with Gasteiger partial charge < -0.3 is 13.7 Å². The summed E-state index contributed by atoms with van der Waals surface area (Å²) in [5, 5.41) is 6.96. The molecule has 11 aromatic rings. The van der Waals surface area contributed by atoms with Crippen LogP contribution in [0.2, 0.25) is 0 Å². The molecule has 0 unspecified atom stereocenters. The van der Waals surface area contributed by atoms with E-state index in [1.54, 1.807) is 0 Å². The maximum absolute atomic E-state index is 8.09. The van der Waals surface area contributed by atoms with Gasteiger partial charge in [-0.1, -0.05) is 109 Å². The molecule has 0 aliphatic rings. The number of rotatable bonds is 4. The van der Waals surface area contributed by atoms with E-state index < -0.39 is 0 Å². The second kappa shape index (κ2) is 11.8. The Labute approximate surface area is 316 Å². The quantitative estimate of drug-likeness (QED) is 0.163. The minimum atomic E-state index is 0.571. The highest BCUT2D eigenvalue weighted by molar-refractivity contribution is 6.16. The van der Waals surface area contributed by atoms with Crippen LogP contribution < -0.4 is 0 Å². The first-order chi connectivity index (χ1) is 27.2. The first-order valence-corrected chi connectivity index (χ1v) is 18.3. The first kappa shape index (κ1) is 30.7. The van der Waals surface area contributed by atoms with Gasteiger partial charge in [-0.3, -0.25) is 0 Å². The molecule has 0 aliphatic carbocycles. The van der Waals surface area contributed by atoms with Crippen molar-refractivity contribution in [3.8, 4) is 28.2 Å². The number of hydrogen-bond donors (Lipinski definition) is 0. The second-order valence-corrected chi connectivity index (χ2v) is 13.9. The third kappa shape index (κ3) is 4.45. The monoisotopic (exact) mass is 699 g/mol. The molecule has 0 N–H and O–H groups in total. The number of nitrogens with zero attached hydrogens (tertiary/aromatic N) is 5. The highest BCUT2D eigenvalue weighted by atomic mass is 15.0. The van der Waals surface area contributed by atoms with Gasteiger partial charge in [0.15, 0.2) is 5.69 Å². The van der Waals surface area contributed by atoms with Crippen LogP contribution in [0.4, 0.5) is 11.4 Å². The van der Waals surface area contributed by atoms with Crippen LogP contribution >= 0.6 is 0 Å². The standard InChI is InChI=1S/C50H29N5/c1-51-34-25-29-46-40(31-34)38-14-5-9-18-44(38)55(46)49-30-33(24-28-41(49)52-2)32-22-26-35(27-23-32)53-45-19-10-6-15-39(45)50-47(53)20-11-21-48(50)54-42-16-7-3-12-36(42)37-13-4-8-17-43(37)54/h3-31H. The van der Waals surface area contributed by atoms with E-state index in [9.17, 15) is 0 Å². The summed E-state index contributed by atoms with van der Waals surface area (Å²) in [4.78, 5) is 7.63. The van der Waals surface area contributed by atoms with Crippen LogP contribution in [-0.4, -0.2) is 13.7 Å². The zero-order valence-electron chi connectivity index (χ0n) is 29.5. The molecule has 11 rings (SSSR count). The Balaban J connectivity index is 1.07. The van der Waals surface area contributed by atoms with Crippen molar-refractivity contribution in [1.82, 2.24) is 13.7 Å². The van der Waals surface area contributed by atoms with Gasteiger partial charge in [-0.15, -0.1) is 0 Å². The van der Waals surface area contributed by atoms with Gasteiger partial charge in [0, 0.05) is 32.6 Å². The SMILES string of the molecule is [C-]#[N+]c1ccc2c(c1)c1ccccc1n2-c1cc(-c2ccc(-n3c4ccccc4c4c(-n5c6ccccc6c6ccccc65)cccc43)cc2)ccc1[N+]#[C-].